The molecule has 1 saturated heterocycles. The zero-order valence-electron chi connectivity index (χ0n) is 16.0. The SMILES string of the molecule is O=C(CSCc1ccc([N+](=O)[O-])cc1)Nc1ccccc1C(=O)N1CCCCC1. The molecule has 1 N–H and O–H groups in total. The van der Waals surface area contributed by atoms with Gasteiger partial charge in [0.2, 0.25) is 5.91 Å². The summed E-state index contributed by atoms with van der Waals surface area (Å²) in [5.41, 5.74) is 2.01. The van der Waals surface area contributed by atoms with Crippen molar-refractivity contribution in [3.8, 4) is 0 Å². The molecule has 29 heavy (non-hydrogen) atoms. The van der Waals surface area contributed by atoms with Gasteiger partial charge in [0.25, 0.3) is 11.6 Å². The highest BCUT2D eigenvalue weighted by Gasteiger charge is 2.21. The van der Waals surface area contributed by atoms with Gasteiger partial charge in [0, 0.05) is 31.0 Å². The van der Waals surface area contributed by atoms with Gasteiger partial charge in [-0.15, -0.1) is 11.8 Å². The second-order valence-corrected chi connectivity index (χ2v) is 7.85. The Balaban J connectivity index is 1.54. The molecule has 2 amide bonds. The van der Waals surface area contributed by atoms with Crippen LogP contribution in [0.25, 0.3) is 0 Å². The van der Waals surface area contributed by atoms with Gasteiger partial charge in [0.1, 0.15) is 0 Å². The number of rotatable bonds is 7. The first kappa shape index (κ1) is 20.9. The summed E-state index contributed by atoms with van der Waals surface area (Å²) in [6.45, 7) is 1.51. The lowest BCUT2D eigenvalue weighted by molar-refractivity contribution is -0.384. The predicted molar refractivity (Wildman–Crippen MR) is 114 cm³/mol. The van der Waals surface area contributed by atoms with Crippen LogP contribution in [0.4, 0.5) is 11.4 Å². The Kier molecular flexibility index (Phi) is 7.24. The third-order valence-corrected chi connectivity index (χ3v) is 5.73. The fourth-order valence-electron chi connectivity index (χ4n) is 3.21. The van der Waals surface area contributed by atoms with E-state index in [2.05, 4.69) is 5.32 Å². The normalized spacial score (nSPS) is 13.7. The summed E-state index contributed by atoms with van der Waals surface area (Å²) in [6, 6.07) is 13.4. The molecule has 1 fully saturated rings. The van der Waals surface area contributed by atoms with E-state index in [1.54, 1.807) is 36.4 Å². The molecule has 1 aliphatic heterocycles. The lowest BCUT2D eigenvalue weighted by Crippen LogP contribution is -2.36. The number of piperidine rings is 1. The number of likely N-dealkylation sites (tertiary alicyclic amines) is 1. The molecular weight excluding hydrogens is 390 g/mol. The van der Waals surface area contributed by atoms with Crippen LogP contribution in [0, 0.1) is 10.1 Å². The summed E-state index contributed by atoms with van der Waals surface area (Å²) in [7, 11) is 0. The molecule has 0 aliphatic carbocycles. The summed E-state index contributed by atoms with van der Waals surface area (Å²) in [5.74, 6) is 0.568. The second-order valence-electron chi connectivity index (χ2n) is 6.86. The Labute approximate surface area is 173 Å². The average molecular weight is 413 g/mol. The first-order valence-electron chi connectivity index (χ1n) is 9.54. The number of anilines is 1. The molecule has 0 saturated carbocycles. The lowest BCUT2D eigenvalue weighted by Gasteiger charge is -2.27. The maximum Gasteiger partial charge on any atom is 0.269 e. The molecule has 0 bridgehead atoms. The minimum atomic E-state index is -0.438. The van der Waals surface area contributed by atoms with Crippen LogP contribution in [0.3, 0.4) is 0 Å². The number of nitrogens with zero attached hydrogens (tertiary/aromatic N) is 2. The minimum absolute atomic E-state index is 0.0425. The highest BCUT2D eigenvalue weighted by molar-refractivity contribution is 7.99. The number of nitro benzene ring substituents is 1. The number of hydrogen-bond acceptors (Lipinski definition) is 5. The fourth-order valence-corrected chi connectivity index (χ4v) is 4.00. The third kappa shape index (κ3) is 5.80. The molecule has 0 spiro atoms. The van der Waals surface area contributed by atoms with E-state index in [4.69, 9.17) is 0 Å². The van der Waals surface area contributed by atoms with Crippen LogP contribution in [-0.2, 0) is 10.5 Å². The number of nitrogens with one attached hydrogen (secondary N) is 1. The maximum atomic E-state index is 12.8. The Morgan fingerprint density at radius 1 is 1.03 bits per heavy atom. The van der Waals surface area contributed by atoms with Gasteiger partial charge >= 0.3 is 0 Å². The first-order valence-corrected chi connectivity index (χ1v) is 10.7. The summed E-state index contributed by atoms with van der Waals surface area (Å²) in [4.78, 5) is 37.2. The van der Waals surface area contributed by atoms with E-state index in [0.29, 0.717) is 17.0 Å². The molecule has 7 nitrogen and oxygen atoms in total. The molecule has 1 heterocycles. The molecule has 0 radical (unpaired) electrons. The number of amides is 2. The third-order valence-electron chi connectivity index (χ3n) is 4.72. The molecule has 0 unspecified atom stereocenters. The molecule has 2 aromatic rings. The molecule has 1 aliphatic rings. The van der Waals surface area contributed by atoms with Crippen molar-refractivity contribution in [1.82, 2.24) is 4.90 Å². The van der Waals surface area contributed by atoms with Crippen LogP contribution in [0.1, 0.15) is 35.2 Å². The summed E-state index contributed by atoms with van der Waals surface area (Å²) >= 11 is 1.41. The summed E-state index contributed by atoms with van der Waals surface area (Å²) in [5, 5.41) is 13.5. The Hall–Kier alpha value is -2.87. The van der Waals surface area contributed by atoms with Crippen molar-refractivity contribution in [2.45, 2.75) is 25.0 Å². The van der Waals surface area contributed by atoms with Gasteiger partial charge in [-0.3, -0.25) is 19.7 Å². The van der Waals surface area contributed by atoms with Gasteiger partial charge in [0.05, 0.1) is 21.9 Å². The monoisotopic (exact) mass is 413 g/mol. The van der Waals surface area contributed by atoms with Crippen molar-refractivity contribution in [1.29, 1.82) is 0 Å². The molecule has 0 atom stereocenters. The van der Waals surface area contributed by atoms with Crippen molar-refractivity contribution in [2.24, 2.45) is 0 Å². The zero-order valence-corrected chi connectivity index (χ0v) is 16.8. The van der Waals surface area contributed by atoms with Gasteiger partial charge in [-0.1, -0.05) is 24.3 Å². The lowest BCUT2D eigenvalue weighted by atomic mass is 10.1. The molecule has 152 valence electrons. The number of nitro groups is 1. The highest BCUT2D eigenvalue weighted by atomic mass is 32.2. The Bertz CT molecular complexity index is 880. The predicted octanol–water partition coefficient (Wildman–Crippen LogP) is 4.09. The van der Waals surface area contributed by atoms with E-state index >= 15 is 0 Å². The van der Waals surface area contributed by atoms with Crippen molar-refractivity contribution in [3.05, 3.63) is 69.8 Å². The van der Waals surface area contributed by atoms with E-state index in [1.807, 2.05) is 4.90 Å². The first-order chi connectivity index (χ1) is 14.0. The number of benzene rings is 2. The number of carbonyl (C=O) groups excluding carboxylic acids is 2. The standard InChI is InChI=1S/C21H23N3O4S/c25-20(15-29-14-16-8-10-17(11-9-16)24(27)28)22-19-7-3-2-6-18(19)21(26)23-12-4-1-5-13-23/h2-3,6-11H,1,4-5,12-15H2,(H,22,25). The van der Waals surface area contributed by atoms with Crippen molar-refractivity contribution in [2.75, 3.05) is 24.2 Å². The number of carbonyl (C=O) groups is 2. The van der Waals surface area contributed by atoms with Gasteiger partial charge < -0.3 is 10.2 Å². The van der Waals surface area contributed by atoms with Gasteiger partial charge in [-0.25, -0.2) is 0 Å². The second kappa shape index (κ2) is 10.1. The molecule has 0 aromatic heterocycles. The van der Waals surface area contributed by atoms with Crippen LogP contribution < -0.4 is 5.32 Å². The topological polar surface area (TPSA) is 92.5 Å². The minimum Gasteiger partial charge on any atom is -0.339 e. The smallest absolute Gasteiger partial charge is 0.269 e. The Morgan fingerprint density at radius 2 is 1.72 bits per heavy atom. The number of hydrogen-bond donors (Lipinski definition) is 1. The number of non-ortho nitro benzene ring substituents is 1. The molecular formula is C21H23N3O4S. The van der Waals surface area contributed by atoms with Crippen LogP contribution in [-0.4, -0.2) is 40.5 Å². The molecule has 3 rings (SSSR count). The highest BCUT2D eigenvalue weighted by Crippen LogP contribution is 2.21. The van der Waals surface area contributed by atoms with Crippen LogP contribution in [0.5, 0.6) is 0 Å². The largest absolute Gasteiger partial charge is 0.339 e. The number of thioether (sulfide) groups is 1. The van der Waals surface area contributed by atoms with Gasteiger partial charge in [-0.05, 0) is 37.0 Å². The average Bonchev–Trinajstić information content (AvgIpc) is 2.74. The zero-order chi connectivity index (χ0) is 20.6. The van der Waals surface area contributed by atoms with Crippen LogP contribution >= 0.6 is 11.8 Å². The van der Waals surface area contributed by atoms with E-state index < -0.39 is 4.92 Å². The van der Waals surface area contributed by atoms with Crippen molar-refractivity contribution in [3.63, 3.8) is 0 Å². The van der Waals surface area contributed by atoms with E-state index in [1.165, 1.54) is 23.9 Å². The van der Waals surface area contributed by atoms with Crippen LogP contribution in [0.2, 0.25) is 0 Å². The van der Waals surface area contributed by atoms with Gasteiger partial charge in [0.15, 0.2) is 0 Å². The maximum absolute atomic E-state index is 12.8. The number of para-hydroxylation sites is 1. The van der Waals surface area contributed by atoms with E-state index in [9.17, 15) is 19.7 Å². The van der Waals surface area contributed by atoms with Crippen molar-refractivity contribution < 1.29 is 14.5 Å². The fraction of sp³-hybridized carbons (Fsp3) is 0.333. The van der Waals surface area contributed by atoms with E-state index in [-0.39, 0.29) is 23.3 Å². The quantitative estimate of drug-likeness (QED) is 0.545. The Morgan fingerprint density at radius 3 is 2.41 bits per heavy atom. The van der Waals surface area contributed by atoms with Crippen LogP contribution in [0.15, 0.2) is 48.5 Å². The van der Waals surface area contributed by atoms with Gasteiger partial charge in [-0.2, -0.15) is 0 Å². The molecule has 8 heteroatoms. The van der Waals surface area contributed by atoms with E-state index in [0.717, 1.165) is 37.9 Å². The summed E-state index contributed by atoms with van der Waals surface area (Å²) < 4.78 is 0. The summed E-state index contributed by atoms with van der Waals surface area (Å²) in [6.07, 6.45) is 3.17. The van der Waals surface area contributed by atoms with Crippen molar-refractivity contribution >= 4 is 35.0 Å². The molecule has 2 aromatic carbocycles.